The Morgan fingerprint density at radius 2 is 1.20 bits per heavy atom. The van der Waals surface area contributed by atoms with E-state index in [0.717, 1.165) is 37.2 Å². The second-order valence-corrected chi connectivity index (χ2v) is 16.6. The van der Waals surface area contributed by atoms with Crippen LogP contribution in [0.25, 0.3) is 0 Å². The predicted molar refractivity (Wildman–Crippen MR) is 159 cm³/mol. The van der Waals surface area contributed by atoms with Gasteiger partial charge in [0, 0.05) is 19.8 Å². The van der Waals surface area contributed by atoms with Crippen molar-refractivity contribution in [2.75, 3.05) is 13.2 Å². The van der Waals surface area contributed by atoms with Crippen LogP contribution in [0.3, 0.4) is 0 Å². The highest BCUT2D eigenvalue weighted by atomic mass is 79.9. The van der Waals surface area contributed by atoms with Gasteiger partial charge in [0.25, 0.3) is 0 Å². The smallest absolute Gasteiger partial charge is 0.435 e. The average molecular weight is 928 g/mol. The van der Waals surface area contributed by atoms with Gasteiger partial charge >= 0.3 is 24.7 Å². The Morgan fingerprint density at radius 1 is 0.755 bits per heavy atom. The molecule has 0 amide bonds. The number of aryl methyl sites for hydroxylation is 2. The Labute approximate surface area is 298 Å². The highest BCUT2D eigenvalue weighted by Crippen LogP contribution is 2.41. The Morgan fingerprint density at radius 3 is 1.61 bits per heavy atom. The molecule has 4 rings (SSSR count). The van der Waals surface area contributed by atoms with Gasteiger partial charge in [-0.1, -0.05) is 23.1 Å². The van der Waals surface area contributed by atoms with E-state index in [1.54, 1.807) is 0 Å². The van der Waals surface area contributed by atoms with Crippen LogP contribution < -0.4 is 9.47 Å². The Bertz CT molecular complexity index is 1750. The summed E-state index contributed by atoms with van der Waals surface area (Å²) in [5.41, 5.74) is -3.89. The van der Waals surface area contributed by atoms with Crippen LogP contribution in [0, 0.1) is 0 Å². The third-order valence-corrected chi connectivity index (χ3v) is 11.0. The van der Waals surface area contributed by atoms with Gasteiger partial charge in [-0.05, 0) is 31.9 Å². The molecular formula is C22H16Br2F12N6O3S4. The SMILES string of the molecule is Cn1nc(C(F)(F)F)c(CS(=O)c2ncc(Br)s2)c1OCC(F)(F)F.Cn1nc(C(F)(F)F)c(CSc2ncc(Br)s2)c1OCC(F)(F)F. The van der Waals surface area contributed by atoms with Crippen LogP contribution in [0.5, 0.6) is 11.8 Å². The molecule has 0 aliphatic heterocycles. The number of hydrogen-bond donors (Lipinski definition) is 0. The van der Waals surface area contributed by atoms with Crippen LogP contribution in [0.1, 0.15) is 22.5 Å². The highest BCUT2D eigenvalue weighted by molar-refractivity contribution is 9.11. The summed E-state index contributed by atoms with van der Waals surface area (Å²) in [4.78, 5) is 7.72. The normalized spacial score (nSPS) is 13.3. The molecule has 0 aliphatic rings. The third-order valence-electron chi connectivity index (χ3n) is 5.18. The van der Waals surface area contributed by atoms with Crippen molar-refractivity contribution in [2.24, 2.45) is 14.1 Å². The third kappa shape index (κ3) is 12.3. The number of ether oxygens (including phenoxy) is 2. The molecule has 0 spiro atoms. The fourth-order valence-corrected chi connectivity index (χ4v) is 8.95. The zero-order chi connectivity index (χ0) is 37.1. The minimum Gasteiger partial charge on any atom is -0.468 e. The largest absolute Gasteiger partial charge is 0.468 e. The van der Waals surface area contributed by atoms with Crippen molar-refractivity contribution >= 4 is 77.1 Å². The molecule has 0 N–H and O–H groups in total. The number of nitrogens with zero attached hydrogens (tertiary/aromatic N) is 6. The molecule has 0 saturated carbocycles. The van der Waals surface area contributed by atoms with E-state index < -0.39 is 88.7 Å². The van der Waals surface area contributed by atoms with Crippen LogP contribution in [-0.4, -0.2) is 59.3 Å². The predicted octanol–water partition coefficient (Wildman–Crippen LogP) is 8.80. The molecule has 9 nitrogen and oxygen atoms in total. The first-order valence-corrected chi connectivity index (χ1v) is 17.8. The number of hydrogen-bond acceptors (Lipinski definition) is 10. The monoisotopic (exact) mass is 926 g/mol. The van der Waals surface area contributed by atoms with Gasteiger partial charge in [0.15, 0.2) is 33.3 Å². The van der Waals surface area contributed by atoms with E-state index in [2.05, 4.69) is 61.5 Å². The summed E-state index contributed by atoms with van der Waals surface area (Å²) in [6.07, 6.45) is -16.4. The zero-order valence-corrected chi connectivity index (χ0v) is 30.3. The average Bonchev–Trinajstić information content (AvgIpc) is 3.70. The Kier molecular flexibility index (Phi) is 13.5. The number of thioether (sulfide) groups is 1. The fourth-order valence-electron chi connectivity index (χ4n) is 3.46. The van der Waals surface area contributed by atoms with E-state index in [1.165, 1.54) is 23.7 Å². The van der Waals surface area contributed by atoms with Gasteiger partial charge in [-0.25, -0.2) is 19.3 Å². The van der Waals surface area contributed by atoms with Gasteiger partial charge in [-0.3, -0.25) is 4.21 Å². The summed E-state index contributed by atoms with van der Waals surface area (Å²) in [7, 11) is 0.0821. The molecule has 274 valence electrons. The first-order chi connectivity index (χ1) is 22.4. The van der Waals surface area contributed by atoms with Crippen molar-refractivity contribution in [3.05, 3.63) is 42.5 Å². The molecule has 0 radical (unpaired) electrons. The molecule has 4 aromatic heterocycles. The maximum atomic E-state index is 13.1. The molecule has 4 heterocycles. The van der Waals surface area contributed by atoms with Crippen LogP contribution in [0.15, 0.2) is 28.6 Å². The summed E-state index contributed by atoms with van der Waals surface area (Å²) < 4.78 is 176. The van der Waals surface area contributed by atoms with Gasteiger partial charge in [0.05, 0.1) is 47.6 Å². The molecule has 1 atom stereocenters. The van der Waals surface area contributed by atoms with Crippen LogP contribution in [0.4, 0.5) is 52.7 Å². The van der Waals surface area contributed by atoms with E-state index in [-0.39, 0.29) is 10.1 Å². The van der Waals surface area contributed by atoms with E-state index in [4.69, 9.17) is 0 Å². The lowest BCUT2D eigenvalue weighted by atomic mass is 10.2. The first-order valence-electron chi connectivity index (χ1n) is 12.2. The maximum absolute atomic E-state index is 13.1. The maximum Gasteiger partial charge on any atom is 0.435 e. The van der Waals surface area contributed by atoms with Crippen molar-refractivity contribution in [3.8, 4) is 11.8 Å². The quantitative estimate of drug-likeness (QED) is 0.115. The minimum atomic E-state index is -4.94. The molecule has 1 unspecified atom stereocenters. The summed E-state index contributed by atoms with van der Waals surface area (Å²) in [6, 6.07) is 0. The number of alkyl halides is 12. The number of halogens is 14. The van der Waals surface area contributed by atoms with Crippen LogP contribution >= 0.6 is 66.3 Å². The van der Waals surface area contributed by atoms with Crippen molar-refractivity contribution in [2.45, 2.75) is 44.9 Å². The van der Waals surface area contributed by atoms with Gasteiger partial charge in [-0.2, -0.15) is 62.9 Å². The Balaban J connectivity index is 0.000000266. The van der Waals surface area contributed by atoms with Crippen molar-refractivity contribution < 1.29 is 66.4 Å². The summed E-state index contributed by atoms with van der Waals surface area (Å²) in [5, 5.41) is 6.43. The lowest BCUT2D eigenvalue weighted by Crippen LogP contribution is -2.21. The molecule has 4 aromatic rings. The molecule has 0 saturated heterocycles. The standard InChI is InChI=1S/C11H8BrF6N3O2S2.C11H8BrF6N3OS2/c1-21-8(23-4-10(13,14)15)5(7(20-21)11(16,17)18)3-25(22)9-19-2-6(12)24-9;1-21-8(22-4-10(13,14)15)5(7(20-21)11(16,17)18)3-23-9-19-2-6(12)24-9/h2H,3-4H2,1H3;2H,3-4H2,1H3. The molecule has 27 heteroatoms. The lowest BCUT2D eigenvalue weighted by molar-refractivity contribution is -0.155. The van der Waals surface area contributed by atoms with Crippen LogP contribution in [0.2, 0.25) is 0 Å². The van der Waals surface area contributed by atoms with Crippen LogP contribution in [-0.2, 0) is 48.8 Å². The number of thiazole rings is 2. The van der Waals surface area contributed by atoms with E-state index in [9.17, 15) is 56.9 Å². The first kappa shape index (κ1) is 41.3. The van der Waals surface area contributed by atoms with E-state index in [0.29, 0.717) is 21.3 Å². The molecule has 0 aliphatic carbocycles. The zero-order valence-electron chi connectivity index (χ0n) is 23.8. The molecule has 0 aromatic carbocycles. The van der Waals surface area contributed by atoms with E-state index >= 15 is 0 Å². The summed E-state index contributed by atoms with van der Waals surface area (Å²) in [6.45, 7) is -3.50. The van der Waals surface area contributed by atoms with Crippen molar-refractivity contribution in [1.82, 2.24) is 29.5 Å². The van der Waals surface area contributed by atoms with Gasteiger partial charge in [-0.15, -0.1) is 11.3 Å². The minimum absolute atomic E-state index is 0.0191. The topological polar surface area (TPSA) is 97.0 Å². The molecule has 0 bridgehead atoms. The molecule has 0 fully saturated rings. The van der Waals surface area contributed by atoms with Gasteiger partial charge in [0.2, 0.25) is 11.8 Å². The molecule has 49 heavy (non-hydrogen) atoms. The summed E-state index contributed by atoms with van der Waals surface area (Å²) >= 11 is 9.31. The lowest BCUT2D eigenvalue weighted by Gasteiger charge is -2.11. The van der Waals surface area contributed by atoms with Gasteiger partial charge in [0.1, 0.15) is 0 Å². The van der Waals surface area contributed by atoms with Crippen molar-refractivity contribution in [3.63, 3.8) is 0 Å². The van der Waals surface area contributed by atoms with Gasteiger partial charge < -0.3 is 9.47 Å². The number of rotatable bonds is 10. The molecular weight excluding hydrogens is 912 g/mol. The second kappa shape index (κ2) is 16.1. The van der Waals surface area contributed by atoms with Crippen molar-refractivity contribution in [1.29, 1.82) is 0 Å². The Hall–Kier alpha value is -2.10. The summed E-state index contributed by atoms with van der Waals surface area (Å²) in [5.74, 6) is -2.33. The number of aromatic nitrogens is 6. The van der Waals surface area contributed by atoms with E-state index in [1.807, 2.05) is 0 Å². The fraction of sp³-hybridized carbons (Fsp3) is 0.455. The second-order valence-electron chi connectivity index (χ2n) is 8.95. The highest BCUT2D eigenvalue weighted by Gasteiger charge is 2.42.